The molecule has 3 fully saturated rings. The first kappa shape index (κ1) is 30.0. The largest absolute Gasteiger partial charge is 0.396 e. The summed E-state index contributed by atoms with van der Waals surface area (Å²) < 4.78 is 6.80. The van der Waals surface area contributed by atoms with Crippen LogP contribution in [0, 0.1) is 11.8 Å². The van der Waals surface area contributed by atoms with Gasteiger partial charge in [0, 0.05) is 38.8 Å². The molecule has 2 unspecified atom stereocenters. The van der Waals surface area contributed by atoms with Gasteiger partial charge in [-0.2, -0.15) is 0 Å². The summed E-state index contributed by atoms with van der Waals surface area (Å²) in [5.41, 5.74) is -0.896. The number of hydrogen-bond donors (Lipinski definition) is 1. The molecule has 3 aliphatic heterocycles. The molecular weight excluding hydrogens is 506 g/mol. The van der Waals surface area contributed by atoms with Crippen molar-refractivity contribution in [1.82, 2.24) is 14.7 Å². The van der Waals surface area contributed by atoms with Crippen LogP contribution in [0.2, 0.25) is 0 Å². The van der Waals surface area contributed by atoms with Gasteiger partial charge >= 0.3 is 0 Å². The Bertz CT molecular complexity index is 1110. The lowest BCUT2D eigenvalue weighted by Gasteiger charge is -2.38. The average Bonchev–Trinajstić information content (AvgIpc) is 3.50. The van der Waals surface area contributed by atoms with Crippen molar-refractivity contribution in [1.29, 1.82) is 0 Å². The van der Waals surface area contributed by atoms with Gasteiger partial charge in [-0.05, 0) is 58.4 Å². The highest BCUT2D eigenvalue weighted by molar-refractivity contribution is 5.99. The van der Waals surface area contributed by atoms with Crippen LogP contribution in [0.3, 0.4) is 0 Å². The number of benzene rings is 1. The number of ether oxygens (including phenoxy) is 1. The number of aliphatic hydroxyl groups is 1. The molecule has 3 amide bonds. The number of hydrogen-bond acceptors (Lipinski definition) is 5. The van der Waals surface area contributed by atoms with E-state index in [1.54, 1.807) is 26.9 Å². The van der Waals surface area contributed by atoms with E-state index in [-0.39, 0.29) is 30.4 Å². The molecule has 1 aromatic rings. The Morgan fingerprint density at radius 3 is 2.42 bits per heavy atom. The summed E-state index contributed by atoms with van der Waals surface area (Å²) in [7, 11) is 0. The van der Waals surface area contributed by atoms with Crippen LogP contribution in [0.4, 0.5) is 0 Å². The highest BCUT2D eigenvalue weighted by Crippen LogP contribution is 2.63. The molecule has 0 aliphatic carbocycles. The fraction of sp³-hybridized carbons (Fsp3) is 0.594. The minimum absolute atomic E-state index is 0.0852. The maximum absolute atomic E-state index is 14.3. The van der Waals surface area contributed by atoms with Crippen molar-refractivity contribution < 1.29 is 24.2 Å². The Morgan fingerprint density at radius 1 is 1.10 bits per heavy atom. The van der Waals surface area contributed by atoms with Gasteiger partial charge in [0.25, 0.3) is 0 Å². The van der Waals surface area contributed by atoms with Crippen LogP contribution in [0.1, 0.15) is 58.4 Å². The zero-order chi connectivity index (χ0) is 29.1. The first-order valence-electron chi connectivity index (χ1n) is 14.6. The zero-order valence-corrected chi connectivity index (χ0v) is 24.3. The van der Waals surface area contributed by atoms with Crippen molar-refractivity contribution in [2.45, 2.75) is 82.7 Å². The normalized spacial score (nSPS) is 28.6. The molecule has 0 saturated carbocycles. The second-order valence-electron chi connectivity index (χ2n) is 11.9. The molecule has 3 saturated heterocycles. The minimum Gasteiger partial charge on any atom is -0.396 e. The molecule has 8 heteroatoms. The van der Waals surface area contributed by atoms with Crippen molar-refractivity contribution in [2.75, 3.05) is 26.2 Å². The van der Waals surface area contributed by atoms with E-state index in [9.17, 15) is 19.5 Å². The van der Waals surface area contributed by atoms with Crippen molar-refractivity contribution in [3.8, 4) is 0 Å². The van der Waals surface area contributed by atoms with Crippen molar-refractivity contribution in [3.05, 3.63) is 61.2 Å². The fourth-order valence-electron chi connectivity index (χ4n) is 7.13. The van der Waals surface area contributed by atoms with Gasteiger partial charge in [-0.15, -0.1) is 13.2 Å². The number of unbranched alkanes of at least 4 members (excludes halogenated alkanes) is 2. The van der Waals surface area contributed by atoms with Gasteiger partial charge < -0.3 is 24.5 Å². The van der Waals surface area contributed by atoms with Gasteiger partial charge in [0.2, 0.25) is 17.7 Å². The topological polar surface area (TPSA) is 90.4 Å². The summed E-state index contributed by atoms with van der Waals surface area (Å²) in [6, 6.07) is 8.89. The van der Waals surface area contributed by atoms with Crippen molar-refractivity contribution >= 4 is 17.7 Å². The third-order valence-corrected chi connectivity index (χ3v) is 8.94. The van der Waals surface area contributed by atoms with Crippen LogP contribution in [-0.2, 0) is 25.7 Å². The molecule has 1 spiro atoms. The minimum atomic E-state index is -1.05. The molecule has 8 nitrogen and oxygen atoms in total. The molecule has 1 aromatic carbocycles. The average molecular weight is 552 g/mol. The molecular formula is C32H45N3O5. The Morgan fingerprint density at radius 2 is 1.80 bits per heavy atom. The van der Waals surface area contributed by atoms with Crippen LogP contribution < -0.4 is 0 Å². The van der Waals surface area contributed by atoms with E-state index in [1.807, 2.05) is 51.1 Å². The lowest BCUT2D eigenvalue weighted by Crippen LogP contribution is -2.57. The number of carbonyl (C=O) groups is 3. The number of carbonyl (C=O) groups excluding carboxylic acids is 3. The Kier molecular flexibility index (Phi) is 9.20. The fourth-order valence-corrected chi connectivity index (χ4v) is 7.13. The number of amides is 3. The summed E-state index contributed by atoms with van der Waals surface area (Å²) in [6.07, 6.45) is 6.60. The number of rotatable bonds is 14. The Hall–Kier alpha value is -2.97. The maximum Gasteiger partial charge on any atom is 0.248 e. The third-order valence-electron chi connectivity index (χ3n) is 8.94. The molecule has 0 aromatic heterocycles. The number of nitrogens with zero attached hydrogens (tertiary/aromatic N) is 3. The van der Waals surface area contributed by atoms with Crippen LogP contribution in [-0.4, -0.2) is 87.1 Å². The van der Waals surface area contributed by atoms with E-state index >= 15 is 0 Å². The SMILES string of the molecule is C=CCN(Cc1ccccc1)C(=O)[C@H]1[C@H]2C(=O)N(CCCCCO)C(C(=O)N(CC=C)C(C)C)C23CC[C@]1(C)O3. The summed E-state index contributed by atoms with van der Waals surface area (Å²) >= 11 is 0. The summed E-state index contributed by atoms with van der Waals surface area (Å²) in [6.45, 7) is 15.1. The summed E-state index contributed by atoms with van der Waals surface area (Å²) in [5, 5.41) is 9.27. The van der Waals surface area contributed by atoms with Gasteiger partial charge in [-0.25, -0.2) is 0 Å². The Labute approximate surface area is 238 Å². The molecule has 4 rings (SSSR count). The molecule has 218 valence electrons. The molecule has 0 radical (unpaired) electrons. The second kappa shape index (κ2) is 12.3. The number of fused-ring (bicyclic) bond motifs is 1. The first-order valence-corrected chi connectivity index (χ1v) is 14.6. The highest BCUT2D eigenvalue weighted by Gasteiger charge is 2.78. The van der Waals surface area contributed by atoms with Gasteiger partial charge in [0.15, 0.2) is 0 Å². The van der Waals surface area contributed by atoms with Crippen molar-refractivity contribution in [2.24, 2.45) is 11.8 Å². The quantitative estimate of drug-likeness (QED) is 0.282. The maximum atomic E-state index is 14.3. The molecule has 5 atom stereocenters. The van der Waals surface area contributed by atoms with E-state index in [2.05, 4.69) is 13.2 Å². The van der Waals surface area contributed by atoms with Gasteiger partial charge in [0.05, 0.1) is 17.4 Å². The smallest absolute Gasteiger partial charge is 0.248 e. The van der Waals surface area contributed by atoms with Crippen LogP contribution in [0.25, 0.3) is 0 Å². The summed E-state index contributed by atoms with van der Waals surface area (Å²) in [4.78, 5) is 48.1. The van der Waals surface area contributed by atoms with E-state index in [0.717, 1.165) is 12.0 Å². The molecule has 40 heavy (non-hydrogen) atoms. The van der Waals surface area contributed by atoms with E-state index < -0.39 is 29.1 Å². The van der Waals surface area contributed by atoms with E-state index in [0.29, 0.717) is 51.9 Å². The van der Waals surface area contributed by atoms with Gasteiger partial charge in [0.1, 0.15) is 11.6 Å². The zero-order valence-electron chi connectivity index (χ0n) is 24.3. The predicted octanol–water partition coefficient (Wildman–Crippen LogP) is 3.55. The molecule has 1 N–H and O–H groups in total. The third kappa shape index (κ3) is 5.23. The highest BCUT2D eigenvalue weighted by atomic mass is 16.5. The second-order valence-corrected chi connectivity index (χ2v) is 11.9. The predicted molar refractivity (Wildman–Crippen MR) is 154 cm³/mol. The first-order chi connectivity index (χ1) is 19.1. The number of aliphatic hydroxyl groups excluding tert-OH is 1. The van der Waals surface area contributed by atoms with E-state index in [1.165, 1.54) is 0 Å². The molecule has 3 aliphatic rings. The van der Waals surface area contributed by atoms with Crippen LogP contribution in [0.5, 0.6) is 0 Å². The lowest BCUT2D eigenvalue weighted by atomic mass is 9.66. The Balaban J connectivity index is 1.72. The standard InChI is InChI=1S/C32H45N3O5/c1-6-18-33(22-24-14-10-8-11-15-24)28(37)25-26-29(38)35(20-12-9-13-21-36)27(30(39)34(19-7-2)23(3)4)32(26)17-16-31(25,5)40-32/h6-8,10-11,14-15,23,25-27,36H,1-2,9,12-13,16-22H2,3-5H3/t25-,26+,27?,31+,32?/m1/s1. The van der Waals surface area contributed by atoms with Gasteiger partial charge in [-0.1, -0.05) is 42.5 Å². The van der Waals surface area contributed by atoms with Gasteiger partial charge in [-0.3, -0.25) is 14.4 Å². The summed E-state index contributed by atoms with van der Waals surface area (Å²) in [5.74, 6) is -1.89. The van der Waals surface area contributed by atoms with E-state index in [4.69, 9.17) is 4.74 Å². The van der Waals surface area contributed by atoms with Crippen LogP contribution in [0.15, 0.2) is 55.6 Å². The molecule has 3 heterocycles. The molecule has 2 bridgehead atoms. The number of likely N-dealkylation sites (tertiary alicyclic amines) is 1. The van der Waals surface area contributed by atoms with Crippen LogP contribution >= 0.6 is 0 Å². The lowest BCUT2D eigenvalue weighted by molar-refractivity contribution is -0.154. The van der Waals surface area contributed by atoms with Crippen molar-refractivity contribution in [3.63, 3.8) is 0 Å². The monoisotopic (exact) mass is 551 g/mol.